The minimum atomic E-state index is -3.77. The molecule has 10 heteroatoms. The fourth-order valence-electron chi connectivity index (χ4n) is 3.97. The van der Waals surface area contributed by atoms with Gasteiger partial charge in [-0.1, -0.05) is 54.5 Å². The number of hydrogen-bond acceptors (Lipinski definition) is 6. The maximum atomic E-state index is 13.2. The summed E-state index contributed by atoms with van der Waals surface area (Å²) in [6.07, 6.45) is 5.55. The fraction of sp³-hybridized carbons (Fsp3) is 0.207. The molecule has 1 amide bonds. The van der Waals surface area contributed by atoms with Crippen LogP contribution in [0.5, 0.6) is 0 Å². The number of ether oxygens (including phenoxy) is 1. The lowest BCUT2D eigenvalue weighted by atomic mass is 10.2. The number of carbonyl (C=O) groups is 2. The van der Waals surface area contributed by atoms with E-state index in [1.165, 1.54) is 39.9 Å². The van der Waals surface area contributed by atoms with Crippen molar-refractivity contribution in [3.05, 3.63) is 94.3 Å². The van der Waals surface area contributed by atoms with Gasteiger partial charge in [0.25, 0.3) is 5.91 Å². The molecule has 200 valence electrons. The third-order valence-corrected chi connectivity index (χ3v) is 8.91. The summed E-state index contributed by atoms with van der Waals surface area (Å²) in [7, 11) is -3.77. The Morgan fingerprint density at radius 1 is 1.03 bits per heavy atom. The second-order valence-corrected chi connectivity index (χ2v) is 11.4. The van der Waals surface area contributed by atoms with Gasteiger partial charge in [0.1, 0.15) is 0 Å². The van der Waals surface area contributed by atoms with E-state index in [-0.39, 0.29) is 30.2 Å². The van der Waals surface area contributed by atoms with E-state index < -0.39 is 21.9 Å². The van der Waals surface area contributed by atoms with E-state index in [4.69, 9.17) is 11.2 Å². The standard InChI is InChI=1S/C29H27N3O5S2/c1-4-18-32-25-17-14-23(28(34)37-6-3)19-26(25)38-29(32)30-27(33)22-12-15-24(16-13-22)39(35,36)31(5-2)20-21-10-8-7-9-11-21/h1,7-17,19H,5-6,18,20H2,2-3H3. The van der Waals surface area contributed by atoms with Gasteiger partial charge in [-0.3, -0.25) is 4.79 Å². The van der Waals surface area contributed by atoms with Crippen LogP contribution >= 0.6 is 11.3 Å². The second-order valence-electron chi connectivity index (χ2n) is 8.44. The zero-order chi connectivity index (χ0) is 28.0. The Morgan fingerprint density at radius 3 is 2.36 bits per heavy atom. The first kappa shape index (κ1) is 28.0. The first-order chi connectivity index (χ1) is 18.8. The number of sulfonamides is 1. The Morgan fingerprint density at radius 2 is 1.72 bits per heavy atom. The van der Waals surface area contributed by atoms with Crippen LogP contribution in [-0.4, -0.2) is 42.3 Å². The number of terminal acetylenes is 1. The Bertz CT molecular complexity index is 1710. The molecule has 0 fully saturated rings. The molecular weight excluding hydrogens is 534 g/mol. The number of esters is 1. The molecule has 0 spiro atoms. The van der Waals surface area contributed by atoms with Gasteiger partial charge in [0, 0.05) is 18.7 Å². The van der Waals surface area contributed by atoms with Gasteiger partial charge in [-0.2, -0.15) is 9.30 Å². The number of fused-ring (bicyclic) bond motifs is 1. The zero-order valence-electron chi connectivity index (χ0n) is 21.5. The lowest BCUT2D eigenvalue weighted by Crippen LogP contribution is -2.30. The molecule has 0 bridgehead atoms. The number of thiazole rings is 1. The molecule has 1 aromatic heterocycles. The highest BCUT2D eigenvalue weighted by Gasteiger charge is 2.23. The van der Waals surface area contributed by atoms with Crippen LogP contribution in [0.1, 0.15) is 40.1 Å². The molecule has 0 saturated carbocycles. The van der Waals surface area contributed by atoms with Gasteiger partial charge < -0.3 is 9.30 Å². The lowest BCUT2D eigenvalue weighted by molar-refractivity contribution is 0.0526. The summed E-state index contributed by atoms with van der Waals surface area (Å²) in [6, 6.07) is 20.2. The molecule has 0 saturated heterocycles. The molecule has 0 unspecified atom stereocenters. The summed E-state index contributed by atoms with van der Waals surface area (Å²) in [5.41, 5.74) is 2.24. The highest BCUT2D eigenvalue weighted by molar-refractivity contribution is 7.89. The average molecular weight is 562 g/mol. The quantitative estimate of drug-likeness (QED) is 0.222. The molecule has 0 aliphatic carbocycles. The number of amides is 1. The van der Waals surface area contributed by atoms with E-state index in [2.05, 4.69) is 10.9 Å². The second kappa shape index (κ2) is 12.2. The van der Waals surface area contributed by atoms with Crippen molar-refractivity contribution in [1.29, 1.82) is 0 Å². The molecule has 8 nitrogen and oxygen atoms in total. The fourth-order valence-corrected chi connectivity index (χ4v) is 6.47. The Labute approximate surface area is 231 Å². The van der Waals surface area contributed by atoms with Crippen LogP contribution in [0.2, 0.25) is 0 Å². The van der Waals surface area contributed by atoms with Crippen molar-refractivity contribution in [2.75, 3.05) is 13.2 Å². The van der Waals surface area contributed by atoms with Crippen LogP contribution in [0, 0.1) is 12.3 Å². The molecule has 0 aliphatic rings. The Balaban J connectivity index is 1.63. The van der Waals surface area contributed by atoms with Crippen molar-refractivity contribution in [3.63, 3.8) is 0 Å². The number of aromatic nitrogens is 1. The third kappa shape index (κ3) is 6.17. The van der Waals surface area contributed by atoms with Crippen molar-refractivity contribution < 1.29 is 22.7 Å². The topological polar surface area (TPSA) is 98.0 Å². The van der Waals surface area contributed by atoms with Gasteiger partial charge >= 0.3 is 5.97 Å². The van der Waals surface area contributed by atoms with Crippen LogP contribution in [-0.2, 0) is 27.8 Å². The van der Waals surface area contributed by atoms with Gasteiger partial charge in [-0.15, -0.1) is 6.42 Å². The average Bonchev–Trinajstić information content (AvgIpc) is 3.28. The molecule has 1 heterocycles. The predicted molar refractivity (Wildman–Crippen MR) is 151 cm³/mol. The van der Waals surface area contributed by atoms with Gasteiger partial charge in [-0.05, 0) is 55.0 Å². The largest absolute Gasteiger partial charge is 0.462 e. The van der Waals surface area contributed by atoms with Crippen molar-refractivity contribution in [2.24, 2.45) is 4.99 Å². The number of carbonyl (C=O) groups excluding carboxylic acids is 2. The van der Waals surface area contributed by atoms with E-state index in [9.17, 15) is 18.0 Å². The van der Waals surface area contributed by atoms with Gasteiger partial charge in [0.15, 0.2) is 4.80 Å². The van der Waals surface area contributed by atoms with Crippen molar-refractivity contribution in [3.8, 4) is 12.3 Å². The Kier molecular flexibility index (Phi) is 8.76. The molecule has 3 aromatic carbocycles. The number of benzene rings is 3. The molecule has 4 aromatic rings. The van der Waals surface area contributed by atoms with Crippen molar-refractivity contribution in [1.82, 2.24) is 8.87 Å². The van der Waals surface area contributed by atoms with Crippen LogP contribution in [0.15, 0.2) is 82.7 Å². The minimum Gasteiger partial charge on any atom is -0.462 e. The van der Waals surface area contributed by atoms with Gasteiger partial charge in [0.2, 0.25) is 10.0 Å². The first-order valence-electron chi connectivity index (χ1n) is 12.3. The Hall–Kier alpha value is -4.04. The smallest absolute Gasteiger partial charge is 0.338 e. The summed E-state index contributed by atoms with van der Waals surface area (Å²) < 4.78 is 35.4. The molecule has 0 aliphatic heterocycles. The molecule has 39 heavy (non-hydrogen) atoms. The number of hydrogen-bond donors (Lipinski definition) is 0. The summed E-state index contributed by atoms with van der Waals surface area (Å²) in [6.45, 7) is 4.50. The maximum absolute atomic E-state index is 13.2. The minimum absolute atomic E-state index is 0.0904. The molecule has 4 rings (SSSR count). The molecule has 0 radical (unpaired) electrons. The van der Waals surface area contributed by atoms with Crippen LogP contribution in [0.4, 0.5) is 0 Å². The van der Waals surface area contributed by atoms with Crippen LogP contribution in [0.3, 0.4) is 0 Å². The summed E-state index contributed by atoms with van der Waals surface area (Å²) in [5.74, 6) is 1.58. The summed E-state index contributed by atoms with van der Waals surface area (Å²) in [5, 5.41) is 0. The molecule has 0 N–H and O–H groups in total. The van der Waals surface area contributed by atoms with Crippen LogP contribution in [0.25, 0.3) is 10.2 Å². The SMILES string of the molecule is C#CCn1c(=NC(=O)c2ccc(S(=O)(=O)N(CC)Cc3ccccc3)cc2)sc2cc(C(=O)OCC)ccc21. The zero-order valence-corrected chi connectivity index (χ0v) is 23.2. The van der Waals surface area contributed by atoms with E-state index in [1.807, 2.05) is 30.3 Å². The number of nitrogens with zero attached hydrogens (tertiary/aromatic N) is 3. The summed E-state index contributed by atoms with van der Waals surface area (Å²) >= 11 is 1.22. The lowest BCUT2D eigenvalue weighted by Gasteiger charge is -2.20. The highest BCUT2D eigenvalue weighted by Crippen LogP contribution is 2.21. The first-order valence-corrected chi connectivity index (χ1v) is 14.5. The van der Waals surface area contributed by atoms with E-state index >= 15 is 0 Å². The van der Waals surface area contributed by atoms with Crippen molar-refractivity contribution in [2.45, 2.75) is 31.8 Å². The predicted octanol–water partition coefficient (Wildman–Crippen LogP) is 4.46. The normalized spacial score (nSPS) is 12.0. The van der Waals surface area contributed by atoms with Gasteiger partial charge in [0.05, 0.1) is 33.8 Å². The van der Waals surface area contributed by atoms with E-state index in [1.54, 1.807) is 36.6 Å². The third-order valence-electron chi connectivity index (χ3n) is 5.93. The van der Waals surface area contributed by atoms with Gasteiger partial charge in [-0.25, -0.2) is 13.2 Å². The summed E-state index contributed by atoms with van der Waals surface area (Å²) in [4.78, 5) is 29.9. The molecular formula is C29H27N3O5S2. The molecule has 0 atom stereocenters. The number of rotatable bonds is 9. The monoisotopic (exact) mass is 561 g/mol. The van der Waals surface area contributed by atoms with Crippen molar-refractivity contribution >= 4 is 43.5 Å². The van der Waals surface area contributed by atoms with E-state index in [0.29, 0.717) is 16.9 Å². The maximum Gasteiger partial charge on any atom is 0.338 e. The highest BCUT2D eigenvalue weighted by atomic mass is 32.2. The van der Waals surface area contributed by atoms with Crippen LogP contribution < -0.4 is 4.80 Å². The van der Waals surface area contributed by atoms with E-state index in [0.717, 1.165) is 15.8 Å².